The van der Waals surface area contributed by atoms with E-state index in [0.29, 0.717) is 30.8 Å². The number of anilines is 1. The van der Waals surface area contributed by atoms with Crippen LogP contribution in [0.2, 0.25) is 0 Å². The van der Waals surface area contributed by atoms with Gasteiger partial charge >= 0.3 is 5.97 Å². The lowest BCUT2D eigenvalue weighted by Gasteiger charge is -2.09. The summed E-state index contributed by atoms with van der Waals surface area (Å²) in [4.78, 5) is 11.5. The van der Waals surface area contributed by atoms with Crippen LogP contribution < -0.4 is 11.1 Å². The van der Waals surface area contributed by atoms with Gasteiger partial charge in [0.15, 0.2) is 0 Å². The highest BCUT2D eigenvalue weighted by atomic mass is 16.5. The Morgan fingerprint density at radius 3 is 2.94 bits per heavy atom. The molecule has 0 unspecified atom stereocenters. The van der Waals surface area contributed by atoms with Crippen LogP contribution in [0.1, 0.15) is 22.8 Å². The van der Waals surface area contributed by atoms with Crippen LogP contribution in [0.25, 0.3) is 0 Å². The zero-order chi connectivity index (χ0) is 12.7. The average molecular weight is 235 g/mol. The Balaban J connectivity index is 2.91. The number of carbonyl (C=O) groups is 1. The first kappa shape index (κ1) is 13.2. The van der Waals surface area contributed by atoms with Crippen LogP contribution >= 0.6 is 0 Å². The molecule has 0 amide bonds. The zero-order valence-electron chi connectivity index (χ0n) is 9.82. The van der Waals surface area contributed by atoms with Crippen molar-refractivity contribution in [1.82, 2.24) is 0 Å². The van der Waals surface area contributed by atoms with Gasteiger partial charge in [0.2, 0.25) is 0 Å². The molecule has 0 spiro atoms. The Hall–Kier alpha value is -1.88. The third-order valence-electron chi connectivity index (χ3n) is 2.18. The number of rotatable bonds is 6. The van der Waals surface area contributed by atoms with Crippen LogP contribution in [0.4, 0.5) is 5.69 Å². The van der Waals surface area contributed by atoms with E-state index in [1.165, 1.54) is 6.21 Å². The van der Waals surface area contributed by atoms with E-state index in [9.17, 15) is 4.79 Å². The number of benzene rings is 1. The van der Waals surface area contributed by atoms with Crippen molar-refractivity contribution in [3.63, 3.8) is 0 Å². The van der Waals surface area contributed by atoms with Gasteiger partial charge in [-0.15, -0.1) is 0 Å². The zero-order valence-corrected chi connectivity index (χ0v) is 9.82. The highest BCUT2D eigenvalue weighted by Gasteiger charge is 2.08. The largest absolute Gasteiger partial charge is 0.462 e. The molecule has 92 valence electrons. The number of hydrogen-bond donors (Lipinski definition) is 3. The Morgan fingerprint density at radius 1 is 1.59 bits per heavy atom. The maximum Gasteiger partial charge on any atom is 0.338 e. The first-order valence-corrected chi connectivity index (χ1v) is 5.48. The lowest BCUT2D eigenvalue weighted by molar-refractivity contribution is 0.0526. The molecule has 0 heterocycles. The predicted octanol–water partition coefficient (Wildman–Crippen LogP) is 1.23. The van der Waals surface area contributed by atoms with Gasteiger partial charge in [-0.3, -0.25) is 0 Å². The maximum atomic E-state index is 11.5. The summed E-state index contributed by atoms with van der Waals surface area (Å²) in [6.07, 6.45) is 1.20. The van der Waals surface area contributed by atoms with Crippen LogP contribution in [-0.2, 0) is 4.74 Å². The molecule has 5 heteroatoms. The number of nitrogens with two attached hydrogens (primary N) is 1. The standard InChI is InChI=1S/C12H17N3O2/c1-2-17-12(16)9-3-4-11(15-6-5-13)10(7-9)8-14/h3-4,7-8,14-15H,2,5-6,13H2,1H3. The molecule has 1 rings (SSSR count). The molecular weight excluding hydrogens is 218 g/mol. The molecule has 17 heavy (non-hydrogen) atoms. The Morgan fingerprint density at radius 2 is 2.35 bits per heavy atom. The van der Waals surface area contributed by atoms with Crippen LogP contribution in [0, 0.1) is 5.41 Å². The van der Waals surface area contributed by atoms with Gasteiger partial charge in [0.05, 0.1) is 12.2 Å². The fourth-order valence-corrected chi connectivity index (χ4v) is 1.39. The van der Waals surface area contributed by atoms with Crippen molar-refractivity contribution in [2.45, 2.75) is 6.92 Å². The van der Waals surface area contributed by atoms with E-state index in [0.717, 1.165) is 5.69 Å². The van der Waals surface area contributed by atoms with Crippen LogP contribution in [-0.4, -0.2) is 31.9 Å². The van der Waals surface area contributed by atoms with Crippen molar-refractivity contribution < 1.29 is 9.53 Å². The van der Waals surface area contributed by atoms with Crippen molar-refractivity contribution in [2.24, 2.45) is 5.73 Å². The van der Waals surface area contributed by atoms with Crippen molar-refractivity contribution in [1.29, 1.82) is 5.41 Å². The summed E-state index contributed by atoms with van der Waals surface area (Å²) in [5, 5.41) is 10.4. The number of ether oxygens (including phenoxy) is 1. The summed E-state index contributed by atoms with van der Waals surface area (Å²) in [6.45, 7) is 3.23. The normalized spacial score (nSPS) is 9.76. The van der Waals surface area contributed by atoms with E-state index in [2.05, 4.69) is 5.32 Å². The topological polar surface area (TPSA) is 88.2 Å². The number of esters is 1. The molecule has 1 aromatic carbocycles. The third kappa shape index (κ3) is 3.57. The Kier molecular flexibility index (Phi) is 5.16. The second-order valence-corrected chi connectivity index (χ2v) is 3.38. The van der Waals surface area contributed by atoms with Crippen molar-refractivity contribution >= 4 is 17.9 Å². The van der Waals surface area contributed by atoms with Crippen molar-refractivity contribution in [3.05, 3.63) is 29.3 Å². The molecule has 0 saturated heterocycles. The van der Waals surface area contributed by atoms with E-state index >= 15 is 0 Å². The van der Waals surface area contributed by atoms with Crippen molar-refractivity contribution in [2.75, 3.05) is 25.0 Å². The first-order valence-electron chi connectivity index (χ1n) is 5.48. The first-order chi connectivity index (χ1) is 8.22. The van der Waals surface area contributed by atoms with E-state index in [4.69, 9.17) is 15.9 Å². The SMILES string of the molecule is CCOC(=O)c1ccc(NCCN)c(C=N)c1. The Labute approximate surface area is 100 Å². The monoisotopic (exact) mass is 235 g/mol. The third-order valence-corrected chi connectivity index (χ3v) is 2.18. The predicted molar refractivity (Wildman–Crippen MR) is 67.8 cm³/mol. The molecule has 0 radical (unpaired) electrons. The van der Waals surface area contributed by atoms with E-state index in [-0.39, 0.29) is 5.97 Å². The summed E-state index contributed by atoms with van der Waals surface area (Å²) in [6, 6.07) is 5.05. The molecular formula is C12H17N3O2. The number of carbonyl (C=O) groups excluding carboxylic acids is 1. The molecule has 0 bridgehead atoms. The summed E-state index contributed by atoms with van der Waals surface area (Å²) < 4.78 is 4.89. The number of nitrogens with one attached hydrogen (secondary N) is 2. The fraction of sp³-hybridized carbons (Fsp3) is 0.333. The van der Waals surface area contributed by atoms with Gasteiger partial charge in [-0.05, 0) is 25.1 Å². The van der Waals surface area contributed by atoms with Crippen molar-refractivity contribution in [3.8, 4) is 0 Å². The van der Waals surface area contributed by atoms with Crippen LogP contribution in [0.3, 0.4) is 0 Å². The molecule has 0 aliphatic rings. The van der Waals surface area contributed by atoms with Gasteiger partial charge in [-0.1, -0.05) is 0 Å². The molecule has 1 aromatic rings. The van der Waals surface area contributed by atoms with Gasteiger partial charge in [-0.25, -0.2) is 4.79 Å². The number of hydrogen-bond acceptors (Lipinski definition) is 5. The lowest BCUT2D eigenvalue weighted by atomic mass is 10.1. The van der Waals surface area contributed by atoms with Crippen LogP contribution in [0.15, 0.2) is 18.2 Å². The van der Waals surface area contributed by atoms with Gasteiger partial charge in [0.25, 0.3) is 0 Å². The van der Waals surface area contributed by atoms with E-state index in [1.54, 1.807) is 25.1 Å². The summed E-state index contributed by atoms with van der Waals surface area (Å²) in [5.41, 5.74) is 7.27. The quantitative estimate of drug-likeness (QED) is 0.511. The van der Waals surface area contributed by atoms with E-state index < -0.39 is 0 Å². The molecule has 0 aliphatic heterocycles. The second-order valence-electron chi connectivity index (χ2n) is 3.38. The maximum absolute atomic E-state index is 11.5. The summed E-state index contributed by atoms with van der Waals surface area (Å²) in [7, 11) is 0. The minimum absolute atomic E-state index is 0.339. The van der Waals surface area contributed by atoms with Gasteiger partial charge in [0.1, 0.15) is 0 Å². The Bertz CT molecular complexity index is 405. The van der Waals surface area contributed by atoms with E-state index in [1.807, 2.05) is 0 Å². The van der Waals surface area contributed by atoms with Crippen LogP contribution in [0.5, 0.6) is 0 Å². The second kappa shape index (κ2) is 6.65. The molecule has 0 saturated carbocycles. The smallest absolute Gasteiger partial charge is 0.338 e. The summed E-state index contributed by atoms with van der Waals surface area (Å²) in [5.74, 6) is -0.374. The fourth-order valence-electron chi connectivity index (χ4n) is 1.39. The minimum atomic E-state index is -0.374. The van der Waals surface area contributed by atoms with Gasteiger partial charge < -0.3 is 21.2 Å². The molecule has 5 nitrogen and oxygen atoms in total. The molecule has 0 atom stereocenters. The highest BCUT2D eigenvalue weighted by molar-refractivity contribution is 5.94. The molecule has 0 fully saturated rings. The lowest BCUT2D eigenvalue weighted by Crippen LogP contribution is -2.14. The molecule has 0 aliphatic carbocycles. The molecule has 4 N–H and O–H groups in total. The minimum Gasteiger partial charge on any atom is -0.462 e. The van der Waals surface area contributed by atoms with Gasteiger partial charge in [0, 0.05) is 30.6 Å². The molecule has 0 aromatic heterocycles. The van der Waals surface area contributed by atoms with Gasteiger partial charge in [-0.2, -0.15) is 0 Å². The average Bonchev–Trinajstić information content (AvgIpc) is 2.36. The highest BCUT2D eigenvalue weighted by Crippen LogP contribution is 2.16. The summed E-state index contributed by atoms with van der Waals surface area (Å²) >= 11 is 0.